The van der Waals surface area contributed by atoms with Gasteiger partial charge in [0.15, 0.2) is 6.73 Å². The molecule has 0 unspecified atom stereocenters. The molecule has 0 aliphatic carbocycles. The van der Waals surface area contributed by atoms with Crippen molar-refractivity contribution >= 4 is 34.9 Å². The Bertz CT molecular complexity index is 660. The van der Waals surface area contributed by atoms with Crippen molar-refractivity contribution in [1.82, 2.24) is 5.32 Å². The van der Waals surface area contributed by atoms with Crippen molar-refractivity contribution in [2.75, 3.05) is 12.0 Å². The van der Waals surface area contributed by atoms with E-state index in [-0.39, 0.29) is 12.8 Å². The van der Waals surface area contributed by atoms with Gasteiger partial charge < -0.3 is 15.4 Å². The maximum absolute atomic E-state index is 11.8. The second-order valence-corrected chi connectivity index (χ2v) is 5.76. The van der Waals surface area contributed by atoms with Crippen LogP contribution < -0.4 is 15.4 Å². The SMILES string of the molecule is CCCc1ccc(OCNC(=O)Nc2ccc(Cl)c(Cl)c2)cc1. The molecular weight excluding hydrogens is 335 g/mol. The van der Waals surface area contributed by atoms with Crippen LogP contribution in [0.5, 0.6) is 5.75 Å². The summed E-state index contributed by atoms with van der Waals surface area (Å²) in [6.45, 7) is 2.21. The van der Waals surface area contributed by atoms with Crippen molar-refractivity contribution in [3.8, 4) is 5.75 Å². The van der Waals surface area contributed by atoms with E-state index in [0.29, 0.717) is 21.5 Å². The Morgan fingerprint density at radius 2 is 1.83 bits per heavy atom. The average Bonchev–Trinajstić information content (AvgIpc) is 2.53. The number of benzene rings is 2. The molecule has 0 saturated carbocycles. The molecule has 0 aromatic heterocycles. The van der Waals surface area contributed by atoms with Crippen LogP contribution in [0.25, 0.3) is 0 Å². The molecule has 4 nitrogen and oxygen atoms in total. The fourth-order valence-corrected chi connectivity index (χ4v) is 2.27. The first-order chi connectivity index (χ1) is 11.1. The number of halogens is 2. The molecule has 0 spiro atoms. The van der Waals surface area contributed by atoms with Crippen molar-refractivity contribution in [1.29, 1.82) is 0 Å². The van der Waals surface area contributed by atoms with Crippen molar-refractivity contribution in [2.45, 2.75) is 19.8 Å². The number of rotatable bonds is 6. The number of amides is 2. The van der Waals surface area contributed by atoms with Crippen LogP contribution in [0, 0.1) is 0 Å². The molecule has 2 amide bonds. The monoisotopic (exact) mass is 352 g/mol. The number of urea groups is 1. The summed E-state index contributed by atoms with van der Waals surface area (Å²) in [5, 5.41) is 6.07. The molecule has 0 radical (unpaired) electrons. The van der Waals surface area contributed by atoms with Gasteiger partial charge in [0.1, 0.15) is 5.75 Å². The second kappa shape index (κ2) is 8.65. The lowest BCUT2D eigenvalue weighted by molar-refractivity contribution is 0.234. The summed E-state index contributed by atoms with van der Waals surface area (Å²) in [5.74, 6) is 0.708. The molecule has 23 heavy (non-hydrogen) atoms. The highest BCUT2D eigenvalue weighted by atomic mass is 35.5. The molecule has 0 atom stereocenters. The molecule has 2 rings (SSSR count). The van der Waals surface area contributed by atoms with E-state index in [9.17, 15) is 4.79 Å². The normalized spacial score (nSPS) is 10.2. The maximum Gasteiger partial charge on any atom is 0.321 e. The number of aryl methyl sites for hydroxylation is 1. The first-order valence-electron chi connectivity index (χ1n) is 7.30. The molecule has 2 aromatic rings. The van der Waals surface area contributed by atoms with Crippen LogP contribution in [-0.2, 0) is 6.42 Å². The van der Waals surface area contributed by atoms with Gasteiger partial charge in [0.05, 0.1) is 10.0 Å². The summed E-state index contributed by atoms with van der Waals surface area (Å²) < 4.78 is 5.47. The van der Waals surface area contributed by atoms with E-state index < -0.39 is 0 Å². The van der Waals surface area contributed by atoms with Gasteiger partial charge in [-0.15, -0.1) is 0 Å². The van der Waals surface area contributed by atoms with Gasteiger partial charge in [0.2, 0.25) is 0 Å². The standard InChI is InChI=1S/C17H18Cl2N2O2/c1-2-3-12-4-7-14(8-5-12)23-11-20-17(22)21-13-6-9-15(18)16(19)10-13/h4-10H,2-3,11H2,1H3,(H2,20,21,22). The van der Waals surface area contributed by atoms with E-state index in [1.54, 1.807) is 18.2 Å². The predicted octanol–water partition coefficient (Wildman–Crippen LogP) is 5.10. The van der Waals surface area contributed by atoms with Gasteiger partial charge in [-0.05, 0) is 42.3 Å². The minimum Gasteiger partial charge on any atom is -0.473 e. The zero-order valence-electron chi connectivity index (χ0n) is 12.7. The number of ether oxygens (including phenoxy) is 1. The van der Waals surface area contributed by atoms with Crippen LogP contribution in [0.4, 0.5) is 10.5 Å². The van der Waals surface area contributed by atoms with Crippen LogP contribution in [0.2, 0.25) is 10.0 Å². The number of hydrogen-bond donors (Lipinski definition) is 2. The van der Waals surface area contributed by atoms with E-state index in [1.807, 2.05) is 24.3 Å². The molecular formula is C17H18Cl2N2O2. The topological polar surface area (TPSA) is 50.4 Å². The molecule has 0 saturated heterocycles. The Morgan fingerprint density at radius 3 is 2.48 bits per heavy atom. The third kappa shape index (κ3) is 5.66. The van der Waals surface area contributed by atoms with Crippen molar-refractivity contribution in [3.05, 3.63) is 58.1 Å². The van der Waals surface area contributed by atoms with Gasteiger partial charge in [-0.1, -0.05) is 48.7 Å². The van der Waals surface area contributed by atoms with Crippen molar-refractivity contribution in [3.63, 3.8) is 0 Å². The summed E-state index contributed by atoms with van der Waals surface area (Å²) in [4.78, 5) is 11.8. The van der Waals surface area contributed by atoms with Gasteiger partial charge in [-0.2, -0.15) is 0 Å². The van der Waals surface area contributed by atoms with Gasteiger partial charge >= 0.3 is 6.03 Å². The van der Waals surface area contributed by atoms with E-state index in [4.69, 9.17) is 27.9 Å². The number of nitrogens with one attached hydrogen (secondary N) is 2. The van der Waals surface area contributed by atoms with Crippen molar-refractivity contribution in [2.24, 2.45) is 0 Å². The zero-order valence-corrected chi connectivity index (χ0v) is 14.2. The minimum atomic E-state index is -0.383. The number of carbonyl (C=O) groups excluding carboxylic acids is 1. The maximum atomic E-state index is 11.8. The molecule has 0 heterocycles. The summed E-state index contributed by atoms with van der Waals surface area (Å²) in [6.07, 6.45) is 2.15. The quantitative estimate of drug-likeness (QED) is 0.710. The van der Waals surface area contributed by atoms with Crippen LogP contribution in [0.15, 0.2) is 42.5 Å². The Balaban J connectivity index is 1.76. The van der Waals surface area contributed by atoms with Gasteiger partial charge in [-0.3, -0.25) is 0 Å². The summed E-state index contributed by atoms with van der Waals surface area (Å²) >= 11 is 11.7. The van der Waals surface area contributed by atoms with Crippen LogP contribution in [0.1, 0.15) is 18.9 Å². The summed E-state index contributed by atoms with van der Waals surface area (Å²) in [7, 11) is 0. The highest BCUT2D eigenvalue weighted by Crippen LogP contribution is 2.24. The first-order valence-corrected chi connectivity index (χ1v) is 8.05. The largest absolute Gasteiger partial charge is 0.473 e. The van der Waals surface area contributed by atoms with Gasteiger partial charge in [-0.25, -0.2) is 4.79 Å². The lowest BCUT2D eigenvalue weighted by Gasteiger charge is -2.10. The average molecular weight is 353 g/mol. The lowest BCUT2D eigenvalue weighted by Crippen LogP contribution is -2.32. The highest BCUT2D eigenvalue weighted by molar-refractivity contribution is 6.42. The molecule has 0 bridgehead atoms. The molecule has 2 aromatic carbocycles. The smallest absolute Gasteiger partial charge is 0.321 e. The zero-order chi connectivity index (χ0) is 16.7. The number of hydrogen-bond acceptors (Lipinski definition) is 2. The fraction of sp³-hybridized carbons (Fsp3) is 0.235. The Hall–Kier alpha value is -1.91. The van der Waals surface area contributed by atoms with Gasteiger partial charge in [0.25, 0.3) is 0 Å². The molecule has 6 heteroatoms. The minimum absolute atomic E-state index is 0.0697. The Kier molecular flexibility index (Phi) is 6.56. The van der Waals surface area contributed by atoms with Crippen LogP contribution >= 0.6 is 23.2 Å². The predicted molar refractivity (Wildman–Crippen MR) is 94.5 cm³/mol. The molecule has 0 fully saturated rings. The van der Waals surface area contributed by atoms with Gasteiger partial charge in [0, 0.05) is 5.69 Å². The lowest BCUT2D eigenvalue weighted by atomic mass is 10.1. The molecule has 0 aliphatic rings. The molecule has 122 valence electrons. The van der Waals surface area contributed by atoms with E-state index in [0.717, 1.165) is 12.8 Å². The fourth-order valence-electron chi connectivity index (χ4n) is 1.98. The van der Waals surface area contributed by atoms with E-state index >= 15 is 0 Å². The third-order valence-electron chi connectivity index (χ3n) is 3.11. The number of carbonyl (C=O) groups is 1. The van der Waals surface area contributed by atoms with Crippen LogP contribution in [-0.4, -0.2) is 12.8 Å². The Morgan fingerprint density at radius 1 is 1.09 bits per heavy atom. The highest BCUT2D eigenvalue weighted by Gasteiger charge is 2.04. The van der Waals surface area contributed by atoms with E-state index in [1.165, 1.54) is 5.56 Å². The van der Waals surface area contributed by atoms with E-state index in [2.05, 4.69) is 17.6 Å². The first kappa shape index (κ1) is 17.4. The Labute approximate surface area is 145 Å². The molecule has 2 N–H and O–H groups in total. The van der Waals surface area contributed by atoms with Crippen molar-refractivity contribution < 1.29 is 9.53 Å². The summed E-state index contributed by atoms with van der Waals surface area (Å²) in [5.41, 5.74) is 1.82. The number of anilines is 1. The second-order valence-electron chi connectivity index (χ2n) is 4.94. The molecule has 0 aliphatic heterocycles. The summed E-state index contributed by atoms with van der Waals surface area (Å²) in [6, 6.07) is 12.3. The van der Waals surface area contributed by atoms with Crippen LogP contribution in [0.3, 0.4) is 0 Å². The third-order valence-corrected chi connectivity index (χ3v) is 3.85.